The number of benzene rings is 2. The lowest BCUT2D eigenvalue weighted by molar-refractivity contribution is -0.118. The van der Waals surface area contributed by atoms with E-state index in [1.165, 1.54) is 13.8 Å². The van der Waals surface area contributed by atoms with Crippen LogP contribution in [-0.4, -0.2) is 39.2 Å². The van der Waals surface area contributed by atoms with E-state index in [0.29, 0.717) is 12.3 Å². The minimum atomic E-state index is -2.67. The van der Waals surface area contributed by atoms with Crippen LogP contribution in [0, 0.1) is 11.6 Å². The SMILES string of the molecule is COc1ccc2c(c1)CCN[C@H]2C(=O)Nc1cc(F)c(C(C)(C)COCC(F)F)c(F)c1. The number of amides is 1. The van der Waals surface area contributed by atoms with Crippen molar-refractivity contribution in [2.45, 2.75) is 38.2 Å². The molecule has 32 heavy (non-hydrogen) atoms. The number of hydrogen-bond acceptors (Lipinski definition) is 4. The van der Waals surface area contributed by atoms with Crippen LogP contribution in [0.4, 0.5) is 23.2 Å². The molecule has 0 bridgehead atoms. The average molecular weight is 454 g/mol. The van der Waals surface area contributed by atoms with Gasteiger partial charge < -0.3 is 20.1 Å². The Balaban J connectivity index is 1.77. The second kappa shape index (κ2) is 9.87. The van der Waals surface area contributed by atoms with E-state index >= 15 is 0 Å². The molecule has 0 saturated heterocycles. The summed E-state index contributed by atoms with van der Waals surface area (Å²) in [6.45, 7) is 2.45. The Labute approximate surface area is 184 Å². The summed E-state index contributed by atoms with van der Waals surface area (Å²) in [5.74, 6) is -1.56. The van der Waals surface area contributed by atoms with Crippen molar-refractivity contribution in [1.29, 1.82) is 0 Å². The van der Waals surface area contributed by atoms with Crippen LogP contribution in [0.3, 0.4) is 0 Å². The van der Waals surface area contributed by atoms with E-state index < -0.39 is 42.0 Å². The summed E-state index contributed by atoms with van der Waals surface area (Å²) in [5, 5.41) is 5.67. The molecule has 3 rings (SSSR count). The van der Waals surface area contributed by atoms with Crippen molar-refractivity contribution in [3.63, 3.8) is 0 Å². The Morgan fingerprint density at radius 2 is 1.91 bits per heavy atom. The molecule has 1 atom stereocenters. The first-order chi connectivity index (χ1) is 15.1. The zero-order valence-corrected chi connectivity index (χ0v) is 18.1. The van der Waals surface area contributed by atoms with E-state index in [1.54, 1.807) is 19.2 Å². The van der Waals surface area contributed by atoms with Crippen LogP contribution in [-0.2, 0) is 21.4 Å². The largest absolute Gasteiger partial charge is 0.497 e. The molecule has 0 aliphatic carbocycles. The summed E-state index contributed by atoms with van der Waals surface area (Å²) in [4.78, 5) is 12.9. The van der Waals surface area contributed by atoms with Gasteiger partial charge in [0.15, 0.2) is 0 Å². The van der Waals surface area contributed by atoms with E-state index in [4.69, 9.17) is 9.47 Å². The number of halogens is 4. The van der Waals surface area contributed by atoms with Crippen molar-refractivity contribution < 1.29 is 31.8 Å². The Hall–Kier alpha value is -2.65. The van der Waals surface area contributed by atoms with Crippen molar-refractivity contribution in [3.05, 3.63) is 58.7 Å². The minimum Gasteiger partial charge on any atom is -0.497 e. The van der Waals surface area contributed by atoms with Gasteiger partial charge in [-0.3, -0.25) is 4.79 Å². The van der Waals surface area contributed by atoms with Gasteiger partial charge in [0.25, 0.3) is 6.43 Å². The smallest absolute Gasteiger partial charge is 0.261 e. The number of nitrogens with one attached hydrogen (secondary N) is 2. The molecule has 1 heterocycles. The summed E-state index contributed by atoms with van der Waals surface area (Å²) in [6.07, 6.45) is -1.95. The van der Waals surface area contributed by atoms with Gasteiger partial charge in [-0.1, -0.05) is 19.9 Å². The molecule has 2 aromatic carbocycles. The van der Waals surface area contributed by atoms with Gasteiger partial charge in [-0.25, -0.2) is 17.6 Å². The Morgan fingerprint density at radius 1 is 1.22 bits per heavy atom. The maximum Gasteiger partial charge on any atom is 0.261 e. The Bertz CT molecular complexity index is 959. The predicted octanol–water partition coefficient (Wildman–Crippen LogP) is 4.36. The number of methoxy groups -OCH3 is 1. The third-order valence-electron chi connectivity index (χ3n) is 5.36. The zero-order valence-electron chi connectivity index (χ0n) is 18.1. The van der Waals surface area contributed by atoms with Gasteiger partial charge >= 0.3 is 0 Å². The molecular formula is C23H26F4N2O3. The first-order valence-electron chi connectivity index (χ1n) is 10.2. The molecule has 0 unspecified atom stereocenters. The zero-order chi connectivity index (χ0) is 23.5. The van der Waals surface area contributed by atoms with E-state index in [9.17, 15) is 22.4 Å². The monoisotopic (exact) mass is 454 g/mol. The molecule has 5 nitrogen and oxygen atoms in total. The van der Waals surface area contributed by atoms with Crippen LogP contribution in [0.5, 0.6) is 5.75 Å². The van der Waals surface area contributed by atoms with Crippen molar-refractivity contribution in [2.24, 2.45) is 0 Å². The Morgan fingerprint density at radius 3 is 2.53 bits per heavy atom. The molecular weight excluding hydrogens is 428 g/mol. The molecule has 0 radical (unpaired) electrons. The summed E-state index contributed by atoms with van der Waals surface area (Å²) in [5.41, 5.74) is 0.207. The number of fused-ring (bicyclic) bond motifs is 1. The summed E-state index contributed by atoms with van der Waals surface area (Å²) >= 11 is 0. The summed E-state index contributed by atoms with van der Waals surface area (Å²) < 4.78 is 64.3. The number of anilines is 1. The highest BCUT2D eigenvalue weighted by Gasteiger charge is 2.31. The van der Waals surface area contributed by atoms with Gasteiger partial charge in [-0.05, 0) is 41.8 Å². The summed E-state index contributed by atoms with van der Waals surface area (Å²) in [7, 11) is 1.56. The number of hydrogen-bond donors (Lipinski definition) is 2. The molecule has 1 amide bonds. The van der Waals surface area contributed by atoms with Gasteiger partial charge in [-0.2, -0.15) is 0 Å². The Kier molecular flexibility index (Phi) is 7.40. The second-order valence-electron chi connectivity index (χ2n) is 8.30. The molecule has 1 aliphatic rings. The molecule has 0 saturated carbocycles. The predicted molar refractivity (Wildman–Crippen MR) is 112 cm³/mol. The molecule has 1 aliphatic heterocycles. The van der Waals surface area contributed by atoms with Crippen molar-refractivity contribution in [1.82, 2.24) is 5.32 Å². The van der Waals surface area contributed by atoms with Crippen LogP contribution >= 0.6 is 0 Å². The van der Waals surface area contributed by atoms with Gasteiger partial charge in [0.2, 0.25) is 5.91 Å². The normalized spacial score (nSPS) is 16.1. The topological polar surface area (TPSA) is 59.6 Å². The van der Waals surface area contributed by atoms with E-state index in [0.717, 1.165) is 29.7 Å². The maximum atomic E-state index is 14.8. The second-order valence-corrected chi connectivity index (χ2v) is 8.30. The average Bonchev–Trinajstić information content (AvgIpc) is 2.71. The minimum absolute atomic E-state index is 0.0412. The van der Waals surface area contributed by atoms with Gasteiger partial charge in [-0.15, -0.1) is 0 Å². The lowest BCUT2D eigenvalue weighted by atomic mass is 9.84. The number of rotatable bonds is 8. The molecule has 174 valence electrons. The number of alkyl halides is 2. The first kappa shape index (κ1) is 24.0. The standard InChI is InChI=1S/C23H26F4N2O3/c1-23(2,12-32-11-19(26)27)20-17(24)9-14(10-18(20)25)29-22(30)21-16-5-4-15(31-3)8-13(16)6-7-28-21/h4-5,8-10,19,21,28H,6-7,11-12H2,1-3H3,(H,29,30)/t21-/m1/s1. The number of ether oxygens (including phenoxy) is 2. The maximum absolute atomic E-state index is 14.8. The van der Waals surface area contributed by atoms with Crippen molar-refractivity contribution in [3.8, 4) is 5.75 Å². The highest BCUT2D eigenvalue weighted by Crippen LogP contribution is 2.32. The first-order valence-corrected chi connectivity index (χ1v) is 10.2. The molecule has 0 aromatic heterocycles. The lowest BCUT2D eigenvalue weighted by Crippen LogP contribution is -2.38. The van der Waals surface area contributed by atoms with Crippen LogP contribution in [0.15, 0.2) is 30.3 Å². The molecule has 2 N–H and O–H groups in total. The number of carbonyl (C=O) groups is 1. The fraction of sp³-hybridized carbons (Fsp3) is 0.435. The highest BCUT2D eigenvalue weighted by molar-refractivity contribution is 5.96. The third kappa shape index (κ3) is 5.39. The van der Waals surface area contributed by atoms with Crippen LogP contribution in [0.2, 0.25) is 0 Å². The van der Waals surface area contributed by atoms with E-state index in [-0.39, 0.29) is 17.9 Å². The van der Waals surface area contributed by atoms with Gasteiger partial charge in [0, 0.05) is 23.2 Å². The third-order valence-corrected chi connectivity index (χ3v) is 5.36. The highest BCUT2D eigenvalue weighted by atomic mass is 19.3. The van der Waals surface area contributed by atoms with Crippen LogP contribution in [0.25, 0.3) is 0 Å². The quantitative estimate of drug-likeness (QED) is 0.582. The van der Waals surface area contributed by atoms with Gasteiger partial charge in [0.05, 0.1) is 13.7 Å². The van der Waals surface area contributed by atoms with Gasteiger partial charge in [0.1, 0.15) is 30.0 Å². The molecule has 9 heteroatoms. The fourth-order valence-corrected chi connectivity index (χ4v) is 3.88. The number of carbonyl (C=O) groups excluding carboxylic acids is 1. The molecule has 0 fully saturated rings. The van der Waals surface area contributed by atoms with E-state index in [1.807, 2.05) is 6.07 Å². The molecule has 2 aromatic rings. The molecule has 0 spiro atoms. The van der Waals surface area contributed by atoms with Crippen LogP contribution < -0.4 is 15.4 Å². The fourth-order valence-electron chi connectivity index (χ4n) is 3.88. The van der Waals surface area contributed by atoms with Crippen molar-refractivity contribution >= 4 is 11.6 Å². The summed E-state index contributed by atoms with van der Waals surface area (Å²) in [6, 6.07) is 6.75. The van der Waals surface area contributed by atoms with E-state index in [2.05, 4.69) is 10.6 Å². The van der Waals surface area contributed by atoms with Crippen LogP contribution in [0.1, 0.15) is 36.6 Å². The lowest BCUT2D eigenvalue weighted by Gasteiger charge is -2.28. The van der Waals surface area contributed by atoms with Crippen molar-refractivity contribution in [2.75, 3.05) is 32.2 Å².